The number of hydrogen-bond acceptors (Lipinski definition) is 3. The Kier molecular flexibility index (Phi) is 4.32. The molecule has 4 rings (SSSR count). The van der Waals surface area contributed by atoms with E-state index in [9.17, 15) is 14.4 Å². The Morgan fingerprint density at radius 3 is 2.52 bits per heavy atom. The van der Waals surface area contributed by atoms with Gasteiger partial charge in [-0.25, -0.2) is 4.79 Å². The number of likely N-dealkylation sites (tertiary alicyclic amines) is 2. The van der Waals surface area contributed by atoms with Crippen molar-refractivity contribution in [2.24, 2.45) is 11.7 Å². The summed E-state index contributed by atoms with van der Waals surface area (Å²) in [5.41, 5.74) is 6.94. The number of likely N-dealkylation sites (N-methyl/N-ethyl adjacent to an activating group) is 1. The summed E-state index contributed by atoms with van der Waals surface area (Å²) in [7, 11) is 1.83. The maximum Gasteiger partial charge on any atom is 0.314 e. The molecule has 0 aliphatic carbocycles. The smallest absolute Gasteiger partial charge is 0.314 e. The van der Waals surface area contributed by atoms with Crippen molar-refractivity contribution in [2.75, 3.05) is 38.1 Å². The molecule has 2 N–H and O–H groups in total. The van der Waals surface area contributed by atoms with Crippen LogP contribution in [0.5, 0.6) is 0 Å². The van der Waals surface area contributed by atoms with Crippen molar-refractivity contribution in [1.82, 2.24) is 9.80 Å². The largest absolute Gasteiger partial charge is 0.351 e. The van der Waals surface area contributed by atoms with E-state index in [-0.39, 0.29) is 17.7 Å². The van der Waals surface area contributed by atoms with Crippen molar-refractivity contribution in [3.8, 4) is 0 Å². The van der Waals surface area contributed by atoms with Gasteiger partial charge in [-0.3, -0.25) is 9.59 Å². The zero-order chi connectivity index (χ0) is 19.2. The molecule has 7 heteroatoms. The first kappa shape index (κ1) is 17.8. The lowest BCUT2D eigenvalue weighted by molar-refractivity contribution is -0.140. The first-order valence-electron chi connectivity index (χ1n) is 9.65. The highest BCUT2D eigenvalue weighted by Gasteiger charge is 2.51. The Morgan fingerprint density at radius 1 is 1.11 bits per heavy atom. The molecule has 3 aliphatic heterocycles. The molecule has 0 aromatic heterocycles. The maximum absolute atomic E-state index is 13.0. The second-order valence-corrected chi connectivity index (χ2v) is 7.91. The number of hydrogen-bond donors (Lipinski definition) is 1. The molecule has 7 nitrogen and oxygen atoms in total. The zero-order valence-corrected chi connectivity index (χ0v) is 15.7. The Morgan fingerprint density at radius 2 is 1.81 bits per heavy atom. The number of rotatable bonds is 1. The van der Waals surface area contributed by atoms with Crippen LogP contribution in [-0.2, 0) is 15.0 Å². The van der Waals surface area contributed by atoms with Gasteiger partial charge in [0.05, 0.1) is 11.3 Å². The van der Waals surface area contributed by atoms with Crippen LogP contribution in [0.1, 0.15) is 31.2 Å². The Bertz CT molecular complexity index is 785. The van der Waals surface area contributed by atoms with E-state index in [1.54, 1.807) is 9.80 Å². The van der Waals surface area contributed by atoms with Gasteiger partial charge in [0.1, 0.15) is 0 Å². The van der Waals surface area contributed by atoms with Gasteiger partial charge in [0.2, 0.25) is 11.8 Å². The third-order valence-corrected chi connectivity index (χ3v) is 6.51. The predicted octanol–water partition coefficient (Wildman–Crippen LogP) is 1.31. The Balaban J connectivity index is 1.47. The lowest BCUT2D eigenvalue weighted by atomic mass is 9.73. The molecule has 4 amide bonds. The van der Waals surface area contributed by atoms with E-state index >= 15 is 0 Å². The average molecular weight is 370 g/mol. The van der Waals surface area contributed by atoms with Gasteiger partial charge in [-0.2, -0.15) is 0 Å². The van der Waals surface area contributed by atoms with Crippen molar-refractivity contribution in [1.29, 1.82) is 0 Å². The molecule has 27 heavy (non-hydrogen) atoms. The van der Waals surface area contributed by atoms with Crippen LogP contribution in [0, 0.1) is 5.92 Å². The molecule has 0 bridgehead atoms. The summed E-state index contributed by atoms with van der Waals surface area (Å²) in [4.78, 5) is 42.6. The lowest BCUT2D eigenvalue weighted by Crippen LogP contribution is -2.53. The minimum absolute atomic E-state index is 0.0860. The summed E-state index contributed by atoms with van der Waals surface area (Å²) in [5.74, 6) is 0.0331. The highest BCUT2D eigenvalue weighted by molar-refractivity contribution is 6.08. The Hall–Kier alpha value is -2.57. The summed E-state index contributed by atoms with van der Waals surface area (Å²) in [6.45, 7) is 2.17. The first-order valence-corrected chi connectivity index (χ1v) is 9.65. The second kappa shape index (κ2) is 6.55. The van der Waals surface area contributed by atoms with Crippen LogP contribution in [0.4, 0.5) is 10.5 Å². The van der Waals surface area contributed by atoms with E-state index in [2.05, 4.69) is 0 Å². The second-order valence-electron chi connectivity index (χ2n) is 7.91. The van der Waals surface area contributed by atoms with E-state index in [1.807, 2.05) is 36.2 Å². The number of piperidine rings is 2. The molecule has 1 atom stereocenters. The van der Waals surface area contributed by atoms with Crippen molar-refractivity contribution in [3.63, 3.8) is 0 Å². The van der Waals surface area contributed by atoms with Gasteiger partial charge in [0.15, 0.2) is 0 Å². The van der Waals surface area contributed by atoms with E-state index < -0.39 is 11.4 Å². The molecule has 3 aliphatic rings. The quantitative estimate of drug-likeness (QED) is 0.809. The number of carbonyl (C=O) groups is 3. The number of para-hydroxylation sites is 1. The number of nitrogens with zero attached hydrogens (tertiary/aromatic N) is 3. The molecule has 1 aromatic rings. The van der Waals surface area contributed by atoms with Crippen molar-refractivity contribution >= 4 is 23.5 Å². The van der Waals surface area contributed by atoms with Gasteiger partial charge in [-0.1, -0.05) is 18.2 Å². The highest BCUT2D eigenvalue weighted by atomic mass is 16.2. The van der Waals surface area contributed by atoms with Crippen LogP contribution in [-0.4, -0.2) is 60.9 Å². The molecule has 0 radical (unpaired) electrons. The number of urea groups is 1. The van der Waals surface area contributed by atoms with Gasteiger partial charge in [-0.05, 0) is 37.3 Å². The molecule has 1 aromatic carbocycles. The highest BCUT2D eigenvalue weighted by Crippen LogP contribution is 2.47. The summed E-state index contributed by atoms with van der Waals surface area (Å²) in [6.07, 6.45) is 2.87. The van der Waals surface area contributed by atoms with E-state index in [0.717, 1.165) is 24.1 Å². The molecular weight excluding hydrogens is 344 g/mol. The van der Waals surface area contributed by atoms with Gasteiger partial charge >= 0.3 is 6.03 Å². The van der Waals surface area contributed by atoms with E-state index in [1.165, 1.54) is 0 Å². The van der Waals surface area contributed by atoms with E-state index in [0.29, 0.717) is 39.0 Å². The van der Waals surface area contributed by atoms with Crippen LogP contribution in [0.2, 0.25) is 0 Å². The summed E-state index contributed by atoms with van der Waals surface area (Å²) >= 11 is 0. The van der Waals surface area contributed by atoms with Crippen LogP contribution < -0.4 is 10.6 Å². The number of primary amides is 1. The SMILES string of the molecule is CN1C(=O)C2(CCN(C(=O)[C@@H]3CCCN(C(N)=O)C3)CC2)c2ccccc21. The fraction of sp³-hybridized carbons (Fsp3) is 0.550. The first-order chi connectivity index (χ1) is 12.9. The number of anilines is 1. The number of carbonyl (C=O) groups excluding carboxylic acids is 3. The maximum atomic E-state index is 13.0. The molecule has 2 fully saturated rings. The standard InChI is InChI=1S/C20H26N4O3/c1-22-16-7-3-2-6-15(16)20(18(22)26)8-11-23(12-9-20)17(25)14-5-4-10-24(13-14)19(21)27/h2-3,6-7,14H,4-5,8-13H2,1H3,(H2,21,27)/t14-/m1/s1. The fourth-order valence-corrected chi connectivity index (χ4v) is 4.95. The molecule has 1 spiro atoms. The van der Waals surface area contributed by atoms with Gasteiger partial charge in [-0.15, -0.1) is 0 Å². The summed E-state index contributed by atoms with van der Waals surface area (Å²) in [6, 6.07) is 7.50. The topological polar surface area (TPSA) is 87.0 Å². The number of benzene rings is 1. The number of nitrogens with two attached hydrogens (primary N) is 1. The van der Waals surface area contributed by atoms with Crippen LogP contribution in [0.3, 0.4) is 0 Å². The monoisotopic (exact) mass is 370 g/mol. The zero-order valence-electron chi connectivity index (χ0n) is 15.7. The van der Waals surface area contributed by atoms with E-state index in [4.69, 9.17) is 5.73 Å². The molecule has 144 valence electrons. The third-order valence-electron chi connectivity index (χ3n) is 6.51. The number of fused-ring (bicyclic) bond motifs is 2. The molecular formula is C20H26N4O3. The molecule has 0 unspecified atom stereocenters. The van der Waals surface area contributed by atoms with Crippen molar-refractivity contribution < 1.29 is 14.4 Å². The van der Waals surface area contributed by atoms with Crippen molar-refractivity contribution in [3.05, 3.63) is 29.8 Å². The molecule has 0 saturated carbocycles. The van der Waals surface area contributed by atoms with Crippen LogP contribution >= 0.6 is 0 Å². The number of amides is 4. The average Bonchev–Trinajstić information content (AvgIpc) is 2.91. The molecule has 3 heterocycles. The van der Waals surface area contributed by atoms with Crippen molar-refractivity contribution in [2.45, 2.75) is 31.1 Å². The molecule has 2 saturated heterocycles. The van der Waals surface area contributed by atoms with Gasteiger partial charge in [0, 0.05) is 38.9 Å². The minimum Gasteiger partial charge on any atom is -0.351 e. The van der Waals surface area contributed by atoms with Gasteiger partial charge < -0.3 is 20.4 Å². The predicted molar refractivity (Wildman–Crippen MR) is 101 cm³/mol. The normalized spacial score (nSPS) is 24.3. The Labute approximate surface area is 159 Å². The van der Waals surface area contributed by atoms with Crippen LogP contribution in [0.25, 0.3) is 0 Å². The van der Waals surface area contributed by atoms with Crippen LogP contribution in [0.15, 0.2) is 24.3 Å². The minimum atomic E-state index is -0.506. The summed E-state index contributed by atoms with van der Waals surface area (Å²) < 4.78 is 0. The third kappa shape index (κ3) is 2.76. The fourth-order valence-electron chi connectivity index (χ4n) is 4.95. The van der Waals surface area contributed by atoms with Gasteiger partial charge in [0.25, 0.3) is 0 Å². The lowest BCUT2D eigenvalue weighted by Gasteiger charge is -2.41. The summed E-state index contributed by atoms with van der Waals surface area (Å²) in [5, 5.41) is 0.